The highest BCUT2D eigenvalue weighted by molar-refractivity contribution is 5.94. The van der Waals surface area contributed by atoms with E-state index in [1.54, 1.807) is 0 Å². The molecular weight excluding hydrogens is 378 g/mol. The first kappa shape index (κ1) is 19.2. The lowest BCUT2D eigenvalue weighted by atomic mass is 10.0. The molecule has 0 radical (unpaired) electrons. The molecule has 0 saturated carbocycles. The fraction of sp³-hybridized carbons (Fsp3) is 0.350. The van der Waals surface area contributed by atoms with Gasteiger partial charge in [0.05, 0.1) is 24.7 Å². The number of carbonyl (C=O) groups is 1. The van der Waals surface area contributed by atoms with E-state index in [-0.39, 0.29) is 24.4 Å². The van der Waals surface area contributed by atoms with Gasteiger partial charge in [-0.1, -0.05) is 0 Å². The van der Waals surface area contributed by atoms with Crippen molar-refractivity contribution in [3.05, 3.63) is 63.7 Å². The molecule has 0 spiro atoms. The van der Waals surface area contributed by atoms with Gasteiger partial charge < -0.3 is 24.4 Å². The minimum atomic E-state index is -0.487. The molecule has 1 saturated heterocycles. The number of hydrogen-bond donors (Lipinski definition) is 2. The van der Waals surface area contributed by atoms with Crippen LogP contribution in [-0.4, -0.2) is 50.5 Å². The van der Waals surface area contributed by atoms with Crippen LogP contribution in [0.3, 0.4) is 0 Å². The fourth-order valence-electron chi connectivity index (χ4n) is 3.64. The van der Waals surface area contributed by atoms with Crippen molar-refractivity contribution in [1.29, 1.82) is 0 Å². The first-order valence-corrected chi connectivity index (χ1v) is 9.46. The predicted octanol–water partition coefficient (Wildman–Crippen LogP) is 0.710. The fourth-order valence-corrected chi connectivity index (χ4v) is 3.64. The number of ether oxygens (including phenoxy) is 3. The highest BCUT2D eigenvalue weighted by Crippen LogP contribution is 2.33. The number of rotatable bonds is 6. The summed E-state index contributed by atoms with van der Waals surface area (Å²) >= 11 is 0. The van der Waals surface area contributed by atoms with Crippen LogP contribution < -0.4 is 19.7 Å². The molecule has 2 aromatic rings. The molecule has 9 heteroatoms. The Bertz CT molecular complexity index is 896. The van der Waals surface area contributed by atoms with Crippen LogP contribution in [0.5, 0.6) is 11.5 Å². The molecule has 4 rings (SSSR count). The molecule has 0 aromatic heterocycles. The van der Waals surface area contributed by atoms with Gasteiger partial charge in [-0.2, -0.15) is 0 Å². The Morgan fingerprint density at radius 1 is 1.10 bits per heavy atom. The van der Waals surface area contributed by atoms with Crippen molar-refractivity contribution in [1.82, 2.24) is 5.32 Å². The van der Waals surface area contributed by atoms with E-state index in [0.717, 1.165) is 24.4 Å². The van der Waals surface area contributed by atoms with E-state index < -0.39 is 4.92 Å². The maximum atomic E-state index is 12.6. The Hall–Kier alpha value is -3.17. The third-order valence-electron chi connectivity index (χ3n) is 5.23. The number of nitro groups is 1. The summed E-state index contributed by atoms with van der Waals surface area (Å²) in [7, 11) is 0. The largest absolute Gasteiger partial charge is 0.454 e. The van der Waals surface area contributed by atoms with Crippen molar-refractivity contribution in [3.63, 3.8) is 0 Å². The number of morpholine rings is 1. The average molecular weight is 400 g/mol. The molecule has 2 heterocycles. The lowest BCUT2D eigenvalue weighted by Gasteiger charge is -2.32. The van der Waals surface area contributed by atoms with Crippen molar-refractivity contribution < 1.29 is 28.8 Å². The van der Waals surface area contributed by atoms with Gasteiger partial charge in [0.15, 0.2) is 11.5 Å². The third-order valence-corrected chi connectivity index (χ3v) is 5.23. The zero-order chi connectivity index (χ0) is 20.2. The second-order valence-corrected chi connectivity index (χ2v) is 6.95. The molecule has 0 bridgehead atoms. The van der Waals surface area contributed by atoms with Crippen LogP contribution in [0.1, 0.15) is 22.0 Å². The van der Waals surface area contributed by atoms with Crippen molar-refractivity contribution in [2.24, 2.45) is 0 Å². The van der Waals surface area contributed by atoms with Gasteiger partial charge in [0.25, 0.3) is 11.6 Å². The van der Waals surface area contributed by atoms with E-state index in [0.29, 0.717) is 31.1 Å². The van der Waals surface area contributed by atoms with Gasteiger partial charge in [0.2, 0.25) is 6.79 Å². The molecule has 2 N–H and O–H groups in total. The van der Waals surface area contributed by atoms with E-state index in [1.807, 2.05) is 18.2 Å². The topological polar surface area (TPSA) is 104 Å². The standard InChI is InChI=1S/C20H21N3O6/c24-20(14-1-4-16(5-2-14)23(25)26)21-12-17(22-7-9-27-10-8-22)15-3-6-18-19(11-15)29-13-28-18/h1-6,11,17H,7-10,12-13H2,(H,21,24)/p+1/t17-/m0/s1. The van der Waals surface area contributed by atoms with Gasteiger partial charge in [-0.05, 0) is 30.3 Å². The number of nitrogens with zero attached hydrogens (tertiary/aromatic N) is 1. The summed E-state index contributed by atoms with van der Waals surface area (Å²) < 4.78 is 16.4. The molecular formula is C20H22N3O6+. The van der Waals surface area contributed by atoms with Crippen LogP contribution in [0.2, 0.25) is 0 Å². The summed E-state index contributed by atoms with van der Waals surface area (Å²) in [5.41, 5.74) is 1.39. The molecule has 2 aromatic carbocycles. The molecule has 2 aliphatic rings. The van der Waals surface area contributed by atoms with Crippen molar-refractivity contribution in [3.8, 4) is 11.5 Å². The first-order chi connectivity index (χ1) is 14.1. The van der Waals surface area contributed by atoms with Gasteiger partial charge in [-0.3, -0.25) is 14.9 Å². The number of quaternary nitrogens is 1. The van der Waals surface area contributed by atoms with Gasteiger partial charge in [-0.25, -0.2) is 0 Å². The predicted molar refractivity (Wildman–Crippen MR) is 102 cm³/mol. The zero-order valence-electron chi connectivity index (χ0n) is 15.8. The quantitative estimate of drug-likeness (QED) is 0.547. The molecule has 9 nitrogen and oxygen atoms in total. The van der Waals surface area contributed by atoms with Gasteiger partial charge in [-0.15, -0.1) is 0 Å². The highest BCUT2D eigenvalue weighted by atomic mass is 16.7. The number of fused-ring (bicyclic) bond motifs is 1. The molecule has 0 unspecified atom stereocenters. The first-order valence-electron chi connectivity index (χ1n) is 9.46. The van der Waals surface area contributed by atoms with Crippen LogP contribution in [0, 0.1) is 10.1 Å². The Balaban J connectivity index is 1.49. The Morgan fingerprint density at radius 3 is 2.55 bits per heavy atom. The number of benzene rings is 2. The van der Waals surface area contributed by atoms with Crippen LogP contribution in [0.15, 0.2) is 42.5 Å². The smallest absolute Gasteiger partial charge is 0.269 e. The maximum absolute atomic E-state index is 12.6. The number of non-ortho nitro benzene ring substituents is 1. The molecule has 29 heavy (non-hydrogen) atoms. The number of nitro benzene ring substituents is 1. The van der Waals surface area contributed by atoms with Crippen molar-refractivity contribution >= 4 is 11.6 Å². The van der Waals surface area contributed by atoms with Crippen molar-refractivity contribution in [2.75, 3.05) is 39.6 Å². The molecule has 0 aliphatic carbocycles. The van der Waals surface area contributed by atoms with E-state index in [4.69, 9.17) is 14.2 Å². The SMILES string of the molecule is O=C(NC[C@@H](c1ccc2c(c1)OCO2)[NH+]1CCOCC1)c1ccc([N+](=O)[O-])cc1. The summed E-state index contributed by atoms with van der Waals surface area (Å²) in [5.74, 6) is 1.17. The molecule has 1 fully saturated rings. The molecule has 2 aliphatic heterocycles. The molecule has 1 atom stereocenters. The molecule has 152 valence electrons. The molecule has 1 amide bonds. The Kier molecular flexibility index (Phi) is 5.59. The number of nitrogens with one attached hydrogen (secondary N) is 2. The monoisotopic (exact) mass is 400 g/mol. The Morgan fingerprint density at radius 2 is 1.83 bits per heavy atom. The normalized spacial score (nSPS) is 17.0. The number of amides is 1. The van der Waals surface area contributed by atoms with Crippen LogP contribution >= 0.6 is 0 Å². The van der Waals surface area contributed by atoms with E-state index in [2.05, 4.69) is 5.32 Å². The summed E-state index contributed by atoms with van der Waals surface area (Å²) in [6.07, 6.45) is 0. The number of hydrogen-bond acceptors (Lipinski definition) is 6. The lowest BCUT2D eigenvalue weighted by molar-refractivity contribution is -0.937. The van der Waals surface area contributed by atoms with Crippen LogP contribution in [0.25, 0.3) is 0 Å². The van der Waals surface area contributed by atoms with E-state index in [9.17, 15) is 14.9 Å². The van der Waals surface area contributed by atoms with Crippen LogP contribution in [-0.2, 0) is 4.74 Å². The van der Waals surface area contributed by atoms with E-state index >= 15 is 0 Å². The summed E-state index contributed by atoms with van der Waals surface area (Å²) in [4.78, 5) is 24.2. The Labute approximate surface area is 167 Å². The maximum Gasteiger partial charge on any atom is 0.269 e. The third kappa shape index (κ3) is 4.30. The minimum Gasteiger partial charge on any atom is -0.454 e. The lowest BCUT2D eigenvalue weighted by Crippen LogP contribution is -3.15. The van der Waals surface area contributed by atoms with Gasteiger partial charge in [0.1, 0.15) is 19.1 Å². The number of carbonyl (C=O) groups excluding carboxylic acids is 1. The summed E-state index contributed by atoms with van der Waals surface area (Å²) in [5, 5.41) is 13.8. The average Bonchev–Trinajstić information content (AvgIpc) is 3.22. The van der Waals surface area contributed by atoms with Gasteiger partial charge >= 0.3 is 0 Å². The second-order valence-electron chi connectivity index (χ2n) is 6.95. The second kappa shape index (κ2) is 8.46. The van der Waals surface area contributed by atoms with Crippen LogP contribution in [0.4, 0.5) is 5.69 Å². The summed E-state index contributed by atoms with van der Waals surface area (Å²) in [6, 6.07) is 11.5. The highest BCUT2D eigenvalue weighted by Gasteiger charge is 2.28. The van der Waals surface area contributed by atoms with E-state index in [1.165, 1.54) is 29.2 Å². The van der Waals surface area contributed by atoms with Gasteiger partial charge in [0, 0.05) is 23.3 Å². The van der Waals surface area contributed by atoms with Crippen molar-refractivity contribution in [2.45, 2.75) is 6.04 Å². The minimum absolute atomic E-state index is 0.0235. The zero-order valence-corrected chi connectivity index (χ0v) is 15.8. The summed E-state index contributed by atoms with van der Waals surface area (Å²) in [6.45, 7) is 3.66.